The molecule has 0 aromatic heterocycles. The molecule has 6 nitrogen and oxygen atoms in total. The smallest absolute Gasteiger partial charge is 0.243 e. The second kappa shape index (κ2) is 8.04. The van der Waals surface area contributed by atoms with E-state index >= 15 is 0 Å². The van der Waals surface area contributed by atoms with Crippen molar-refractivity contribution in [2.45, 2.75) is 39.3 Å². The minimum atomic E-state index is -0.427. The Morgan fingerprint density at radius 2 is 2.04 bits per heavy atom. The summed E-state index contributed by atoms with van der Waals surface area (Å²) >= 11 is 0. The summed E-state index contributed by atoms with van der Waals surface area (Å²) in [5.41, 5.74) is 0.863. The highest BCUT2D eigenvalue weighted by Gasteiger charge is 2.34. The number of rotatable bonds is 7. The number of carbonyl (C=O) groups excluding carboxylic acids is 2. The van der Waals surface area contributed by atoms with Crippen molar-refractivity contribution < 1.29 is 19.1 Å². The van der Waals surface area contributed by atoms with Crippen LogP contribution in [0.3, 0.4) is 0 Å². The van der Waals surface area contributed by atoms with Crippen molar-refractivity contribution >= 4 is 11.8 Å². The van der Waals surface area contributed by atoms with Crippen LogP contribution in [0.15, 0.2) is 18.2 Å². The summed E-state index contributed by atoms with van der Waals surface area (Å²) in [5.74, 6) is 1.35. The molecule has 1 fully saturated rings. The van der Waals surface area contributed by atoms with E-state index in [1.807, 2.05) is 26.0 Å². The number of benzene rings is 1. The van der Waals surface area contributed by atoms with E-state index in [4.69, 9.17) is 9.47 Å². The van der Waals surface area contributed by atoms with Gasteiger partial charge in [-0.3, -0.25) is 9.59 Å². The Hall–Kier alpha value is -2.24. The molecule has 132 valence electrons. The zero-order chi connectivity index (χ0) is 17.7. The number of nitrogens with zero attached hydrogens (tertiary/aromatic N) is 1. The van der Waals surface area contributed by atoms with Crippen LogP contribution in [0.1, 0.15) is 32.3 Å². The van der Waals surface area contributed by atoms with Crippen molar-refractivity contribution in [1.29, 1.82) is 0 Å². The van der Waals surface area contributed by atoms with Crippen LogP contribution in [0.25, 0.3) is 0 Å². The molecule has 0 unspecified atom stereocenters. The van der Waals surface area contributed by atoms with Crippen molar-refractivity contribution in [2.24, 2.45) is 5.92 Å². The lowest BCUT2D eigenvalue weighted by Crippen LogP contribution is -2.50. The minimum absolute atomic E-state index is 0.0600. The van der Waals surface area contributed by atoms with Gasteiger partial charge in [-0.1, -0.05) is 13.8 Å². The summed E-state index contributed by atoms with van der Waals surface area (Å²) < 4.78 is 10.5. The molecular weight excluding hydrogens is 308 g/mol. The zero-order valence-corrected chi connectivity index (χ0v) is 14.8. The first-order valence-electron chi connectivity index (χ1n) is 8.26. The fourth-order valence-electron chi connectivity index (χ4n) is 3.05. The molecule has 2 rings (SSSR count). The maximum absolute atomic E-state index is 12.6. The van der Waals surface area contributed by atoms with Gasteiger partial charge in [-0.25, -0.2) is 0 Å². The fraction of sp³-hybridized carbons (Fsp3) is 0.556. The van der Waals surface area contributed by atoms with Crippen LogP contribution in [-0.2, 0) is 16.1 Å². The fourth-order valence-corrected chi connectivity index (χ4v) is 3.05. The van der Waals surface area contributed by atoms with Gasteiger partial charge in [0.15, 0.2) is 0 Å². The van der Waals surface area contributed by atoms with Gasteiger partial charge in [-0.15, -0.1) is 0 Å². The topological polar surface area (TPSA) is 67.9 Å². The molecule has 0 saturated carbocycles. The highest BCUT2D eigenvalue weighted by atomic mass is 16.5. The number of hydrogen-bond acceptors (Lipinski definition) is 4. The minimum Gasteiger partial charge on any atom is -0.497 e. The van der Waals surface area contributed by atoms with Crippen molar-refractivity contribution in [2.75, 3.05) is 20.8 Å². The lowest BCUT2D eigenvalue weighted by Gasteiger charge is -2.30. The molecule has 1 aromatic carbocycles. The number of methoxy groups -OCH3 is 2. The molecule has 0 bridgehead atoms. The summed E-state index contributed by atoms with van der Waals surface area (Å²) in [5, 5.41) is 2.94. The van der Waals surface area contributed by atoms with E-state index in [1.165, 1.54) is 0 Å². The molecule has 0 radical (unpaired) electrons. The lowest BCUT2D eigenvalue weighted by molar-refractivity contribution is -0.139. The van der Waals surface area contributed by atoms with Gasteiger partial charge >= 0.3 is 0 Å². The van der Waals surface area contributed by atoms with Crippen LogP contribution in [0.5, 0.6) is 11.5 Å². The quantitative estimate of drug-likeness (QED) is 0.828. The Morgan fingerprint density at radius 3 is 2.58 bits per heavy atom. The molecule has 1 aliphatic rings. The predicted octanol–water partition coefficient (Wildman–Crippen LogP) is 1.97. The average molecular weight is 334 g/mol. The third kappa shape index (κ3) is 3.99. The van der Waals surface area contributed by atoms with Gasteiger partial charge < -0.3 is 19.7 Å². The Morgan fingerprint density at radius 1 is 1.29 bits per heavy atom. The molecule has 2 amide bonds. The van der Waals surface area contributed by atoms with Crippen molar-refractivity contribution in [3.05, 3.63) is 23.8 Å². The van der Waals surface area contributed by atoms with Crippen LogP contribution in [0, 0.1) is 5.92 Å². The highest BCUT2D eigenvalue weighted by Crippen LogP contribution is 2.25. The van der Waals surface area contributed by atoms with Crippen molar-refractivity contribution in [3.63, 3.8) is 0 Å². The van der Waals surface area contributed by atoms with Crippen LogP contribution >= 0.6 is 0 Å². The van der Waals surface area contributed by atoms with Crippen LogP contribution < -0.4 is 14.8 Å². The molecule has 24 heavy (non-hydrogen) atoms. The molecule has 6 heteroatoms. The second-order valence-electron chi connectivity index (χ2n) is 6.28. The van der Waals surface area contributed by atoms with Crippen molar-refractivity contribution in [1.82, 2.24) is 10.2 Å². The SMILES string of the molecule is COc1ccc(CNC(=O)[C@@H](C(C)C)N2CCCC2=O)c(OC)c1. The Kier molecular flexibility index (Phi) is 6.06. The number of amides is 2. The summed E-state index contributed by atoms with van der Waals surface area (Å²) in [4.78, 5) is 26.3. The van der Waals surface area contributed by atoms with E-state index in [2.05, 4.69) is 5.32 Å². The molecule has 0 aliphatic carbocycles. The third-order valence-electron chi connectivity index (χ3n) is 4.29. The highest BCUT2D eigenvalue weighted by molar-refractivity contribution is 5.88. The monoisotopic (exact) mass is 334 g/mol. The number of likely N-dealkylation sites (tertiary alicyclic amines) is 1. The third-order valence-corrected chi connectivity index (χ3v) is 4.29. The molecule has 0 spiro atoms. The van der Waals surface area contributed by atoms with Crippen molar-refractivity contribution in [3.8, 4) is 11.5 Å². The van der Waals surface area contributed by atoms with Gasteiger partial charge in [0.1, 0.15) is 17.5 Å². The number of ether oxygens (including phenoxy) is 2. The van der Waals surface area contributed by atoms with Crippen LogP contribution in [-0.4, -0.2) is 43.5 Å². The van der Waals surface area contributed by atoms with E-state index in [-0.39, 0.29) is 17.7 Å². The van der Waals surface area contributed by atoms with Gasteiger partial charge in [0.25, 0.3) is 0 Å². The average Bonchev–Trinajstić information content (AvgIpc) is 2.98. The molecule has 1 N–H and O–H groups in total. The van der Waals surface area contributed by atoms with Gasteiger partial charge in [0.05, 0.1) is 14.2 Å². The van der Waals surface area contributed by atoms with E-state index in [1.54, 1.807) is 25.2 Å². The van der Waals surface area contributed by atoms with Gasteiger partial charge in [-0.2, -0.15) is 0 Å². The summed E-state index contributed by atoms with van der Waals surface area (Å²) in [6.07, 6.45) is 1.35. The van der Waals surface area contributed by atoms with Gasteiger partial charge in [0.2, 0.25) is 11.8 Å². The van der Waals surface area contributed by atoms with E-state index in [0.717, 1.165) is 12.0 Å². The van der Waals surface area contributed by atoms with Gasteiger partial charge in [0, 0.05) is 31.1 Å². The molecule has 1 aromatic rings. The van der Waals surface area contributed by atoms with E-state index in [9.17, 15) is 9.59 Å². The maximum Gasteiger partial charge on any atom is 0.243 e. The number of carbonyl (C=O) groups is 2. The van der Waals surface area contributed by atoms with E-state index in [0.29, 0.717) is 31.0 Å². The maximum atomic E-state index is 12.6. The molecule has 1 saturated heterocycles. The second-order valence-corrected chi connectivity index (χ2v) is 6.28. The van der Waals surface area contributed by atoms with E-state index < -0.39 is 6.04 Å². The molecule has 1 heterocycles. The Balaban J connectivity index is 2.07. The normalized spacial score (nSPS) is 15.5. The summed E-state index contributed by atoms with van der Waals surface area (Å²) in [6, 6.07) is 5.05. The van der Waals surface area contributed by atoms with Crippen LogP contribution in [0.2, 0.25) is 0 Å². The standard InChI is InChI=1S/C18H26N2O4/c1-12(2)17(20-9-5-6-16(20)21)18(22)19-11-13-7-8-14(23-3)10-15(13)24-4/h7-8,10,12,17H,5-6,9,11H2,1-4H3,(H,19,22)/t17-/m1/s1. The summed E-state index contributed by atoms with van der Waals surface area (Å²) in [6.45, 7) is 4.92. The largest absolute Gasteiger partial charge is 0.497 e. The number of nitrogens with one attached hydrogen (secondary N) is 1. The first-order valence-corrected chi connectivity index (χ1v) is 8.26. The zero-order valence-electron chi connectivity index (χ0n) is 14.8. The molecule has 1 aliphatic heterocycles. The lowest BCUT2D eigenvalue weighted by atomic mass is 10.0. The molecule has 1 atom stereocenters. The first kappa shape index (κ1) is 18.1. The summed E-state index contributed by atoms with van der Waals surface area (Å²) in [7, 11) is 3.18. The first-order chi connectivity index (χ1) is 11.5. The Labute approximate surface area is 143 Å². The number of hydrogen-bond donors (Lipinski definition) is 1. The predicted molar refractivity (Wildman–Crippen MR) is 91.0 cm³/mol. The Bertz CT molecular complexity index is 601. The van der Waals surface area contributed by atoms with Crippen LogP contribution in [0.4, 0.5) is 0 Å². The van der Waals surface area contributed by atoms with Gasteiger partial charge in [-0.05, 0) is 24.5 Å². The molecular formula is C18H26N2O4.